The van der Waals surface area contributed by atoms with E-state index in [0.717, 1.165) is 9.37 Å². The van der Waals surface area contributed by atoms with Crippen LogP contribution in [-0.4, -0.2) is 18.4 Å². The van der Waals surface area contributed by atoms with Gasteiger partial charge in [-0.3, -0.25) is 4.72 Å². The van der Waals surface area contributed by atoms with Gasteiger partial charge in [0, 0.05) is 9.37 Å². The molecule has 3 aromatic carbocycles. The number of hydrogen-bond acceptors (Lipinski definition) is 5. The molecule has 1 N–H and O–H groups in total. The van der Waals surface area contributed by atoms with Crippen LogP contribution >= 0.6 is 39.3 Å². The quantitative estimate of drug-likeness (QED) is 0.359. The van der Waals surface area contributed by atoms with E-state index in [2.05, 4.69) is 30.6 Å². The predicted molar refractivity (Wildman–Crippen MR) is 120 cm³/mol. The Balaban J connectivity index is 1.79. The summed E-state index contributed by atoms with van der Waals surface area (Å²) >= 11 is 10.8. The number of benzene rings is 3. The first kappa shape index (κ1) is 20.2. The van der Waals surface area contributed by atoms with Crippen molar-refractivity contribution in [3.63, 3.8) is 0 Å². The molecule has 0 atom stereocenters. The van der Waals surface area contributed by atoms with Gasteiger partial charge >= 0.3 is 0 Å². The second-order valence-corrected chi connectivity index (χ2v) is 9.99. The first-order chi connectivity index (χ1) is 13.9. The average Bonchev–Trinajstić information content (AvgIpc) is 2.70. The number of anilines is 1. The van der Waals surface area contributed by atoms with E-state index in [1.165, 1.54) is 23.9 Å². The Kier molecular flexibility index (Phi) is 5.78. The lowest BCUT2D eigenvalue weighted by atomic mass is 10.3. The zero-order valence-corrected chi connectivity index (χ0v) is 18.7. The molecule has 29 heavy (non-hydrogen) atoms. The second-order valence-electron chi connectivity index (χ2n) is 5.96. The molecule has 0 amide bonds. The lowest BCUT2D eigenvalue weighted by Crippen LogP contribution is -2.15. The highest BCUT2D eigenvalue weighted by Gasteiger charge is 2.20. The number of para-hydroxylation sites is 2. The Bertz CT molecular complexity index is 1300. The zero-order valence-electron chi connectivity index (χ0n) is 14.7. The summed E-state index contributed by atoms with van der Waals surface area (Å²) in [7, 11) is -3.84. The molecule has 4 aromatic rings. The molecule has 0 unspecified atom stereocenters. The Morgan fingerprint density at radius 3 is 2.17 bits per heavy atom. The van der Waals surface area contributed by atoms with Crippen LogP contribution in [0.5, 0.6) is 0 Å². The minimum absolute atomic E-state index is 0.129. The summed E-state index contributed by atoms with van der Waals surface area (Å²) < 4.78 is 29.1. The molecule has 0 saturated carbocycles. The minimum atomic E-state index is -3.84. The standard InChI is InChI=1S/C20H13BrClN3O2S2/c21-13-9-11-14(12-10-13)29(26,27)25-19-20(28-18-8-4-1-5-15(18)22)24-17-7-3-2-6-16(17)23-19/h1-12H,(H,23,25). The number of aromatic nitrogens is 2. The van der Waals surface area contributed by atoms with Crippen LogP contribution in [0.3, 0.4) is 0 Å². The highest BCUT2D eigenvalue weighted by atomic mass is 79.9. The molecule has 0 saturated heterocycles. The summed E-state index contributed by atoms with van der Waals surface area (Å²) in [6.45, 7) is 0. The molecule has 9 heteroatoms. The van der Waals surface area contributed by atoms with Crippen LogP contribution in [0.4, 0.5) is 5.82 Å². The van der Waals surface area contributed by atoms with Gasteiger partial charge in [-0.2, -0.15) is 0 Å². The molecular weight excluding hydrogens is 494 g/mol. The van der Waals surface area contributed by atoms with Crippen LogP contribution in [-0.2, 0) is 10.0 Å². The Morgan fingerprint density at radius 1 is 0.862 bits per heavy atom. The van der Waals surface area contributed by atoms with Crippen LogP contribution in [0.25, 0.3) is 11.0 Å². The van der Waals surface area contributed by atoms with E-state index in [-0.39, 0.29) is 10.7 Å². The van der Waals surface area contributed by atoms with Crippen molar-refractivity contribution in [2.75, 3.05) is 4.72 Å². The third-order valence-corrected chi connectivity index (χ3v) is 7.32. The van der Waals surface area contributed by atoms with E-state index in [4.69, 9.17) is 11.6 Å². The lowest BCUT2D eigenvalue weighted by Gasteiger charge is -2.12. The number of sulfonamides is 1. The average molecular weight is 507 g/mol. The molecule has 5 nitrogen and oxygen atoms in total. The molecule has 0 aliphatic carbocycles. The lowest BCUT2D eigenvalue weighted by molar-refractivity contribution is 0.601. The number of fused-ring (bicyclic) bond motifs is 1. The van der Waals surface area contributed by atoms with Crippen LogP contribution in [0.1, 0.15) is 0 Å². The SMILES string of the molecule is O=S(=O)(Nc1nc2ccccc2nc1Sc1ccccc1Cl)c1ccc(Br)cc1. The monoisotopic (exact) mass is 505 g/mol. The van der Waals surface area contributed by atoms with Crippen molar-refractivity contribution in [1.82, 2.24) is 9.97 Å². The Labute approximate surface area is 185 Å². The summed E-state index contributed by atoms with van der Waals surface area (Å²) in [6.07, 6.45) is 0. The molecule has 0 aliphatic heterocycles. The maximum Gasteiger partial charge on any atom is 0.263 e. The van der Waals surface area contributed by atoms with Crippen molar-refractivity contribution in [3.8, 4) is 0 Å². The van der Waals surface area contributed by atoms with Crippen molar-refractivity contribution >= 4 is 66.2 Å². The topological polar surface area (TPSA) is 72.0 Å². The first-order valence-electron chi connectivity index (χ1n) is 8.40. The maximum absolute atomic E-state index is 12.9. The van der Waals surface area contributed by atoms with E-state index >= 15 is 0 Å². The van der Waals surface area contributed by atoms with E-state index < -0.39 is 10.0 Å². The van der Waals surface area contributed by atoms with Gasteiger partial charge in [-0.1, -0.05) is 63.6 Å². The van der Waals surface area contributed by atoms with E-state index in [0.29, 0.717) is 21.1 Å². The molecule has 1 aromatic heterocycles. The molecule has 0 spiro atoms. The molecule has 1 heterocycles. The number of halogens is 2. The fraction of sp³-hybridized carbons (Fsp3) is 0. The van der Waals surface area contributed by atoms with E-state index in [9.17, 15) is 8.42 Å². The smallest absolute Gasteiger partial charge is 0.261 e. The number of hydrogen-bond donors (Lipinski definition) is 1. The summed E-state index contributed by atoms with van der Waals surface area (Å²) in [5.74, 6) is 0.150. The molecule has 4 rings (SSSR count). The van der Waals surface area contributed by atoms with Crippen molar-refractivity contribution in [2.45, 2.75) is 14.8 Å². The number of rotatable bonds is 5. The first-order valence-corrected chi connectivity index (χ1v) is 11.9. The summed E-state index contributed by atoms with van der Waals surface area (Å²) in [5, 5.41) is 0.965. The fourth-order valence-electron chi connectivity index (χ4n) is 2.55. The summed E-state index contributed by atoms with van der Waals surface area (Å²) in [5.41, 5.74) is 1.25. The van der Waals surface area contributed by atoms with Gasteiger partial charge in [-0.15, -0.1) is 0 Å². The maximum atomic E-state index is 12.9. The zero-order chi connectivity index (χ0) is 20.4. The largest absolute Gasteiger partial charge is 0.263 e. The van der Waals surface area contributed by atoms with E-state index in [1.807, 2.05) is 36.4 Å². The fourth-order valence-corrected chi connectivity index (χ4v) is 5.00. The van der Waals surface area contributed by atoms with Crippen LogP contribution in [0.2, 0.25) is 5.02 Å². The van der Waals surface area contributed by atoms with Crippen molar-refractivity contribution in [3.05, 3.63) is 82.3 Å². The van der Waals surface area contributed by atoms with E-state index in [1.54, 1.807) is 24.3 Å². The van der Waals surface area contributed by atoms with Crippen molar-refractivity contribution < 1.29 is 8.42 Å². The van der Waals surface area contributed by atoms with Gasteiger partial charge in [0.15, 0.2) is 5.82 Å². The van der Waals surface area contributed by atoms with Crippen LogP contribution in [0.15, 0.2) is 92.1 Å². The number of nitrogens with one attached hydrogen (secondary N) is 1. The van der Waals surface area contributed by atoms with Gasteiger partial charge in [0.1, 0.15) is 5.03 Å². The van der Waals surface area contributed by atoms with Gasteiger partial charge in [-0.25, -0.2) is 18.4 Å². The van der Waals surface area contributed by atoms with Gasteiger partial charge in [0.05, 0.1) is 21.0 Å². The third-order valence-electron chi connectivity index (χ3n) is 3.94. The molecule has 0 bridgehead atoms. The van der Waals surface area contributed by atoms with Gasteiger partial charge in [0.2, 0.25) is 0 Å². The molecular formula is C20H13BrClN3O2S2. The molecule has 146 valence electrons. The predicted octanol–water partition coefficient (Wildman–Crippen LogP) is 6.00. The Hall–Kier alpha value is -2.13. The molecule has 0 aliphatic rings. The van der Waals surface area contributed by atoms with Gasteiger partial charge in [-0.05, 0) is 48.5 Å². The summed E-state index contributed by atoms with van der Waals surface area (Å²) in [4.78, 5) is 10.00. The van der Waals surface area contributed by atoms with Crippen LogP contribution < -0.4 is 4.72 Å². The summed E-state index contributed by atoms with van der Waals surface area (Å²) in [6, 6.07) is 20.9. The minimum Gasteiger partial charge on any atom is -0.261 e. The van der Waals surface area contributed by atoms with Gasteiger partial charge < -0.3 is 0 Å². The van der Waals surface area contributed by atoms with Crippen LogP contribution in [0, 0.1) is 0 Å². The van der Waals surface area contributed by atoms with Gasteiger partial charge in [0.25, 0.3) is 10.0 Å². The second kappa shape index (κ2) is 8.31. The highest BCUT2D eigenvalue weighted by Crippen LogP contribution is 2.36. The molecule has 0 radical (unpaired) electrons. The van der Waals surface area contributed by atoms with Crippen molar-refractivity contribution in [2.24, 2.45) is 0 Å². The normalized spacial score (nSPS) is 11.5. The highest BCUT2D eigenvalue weighted by molar-refractivity contribution is 9.10. The number of nitrogens with zero attached hydrogens (tertiary/aromatic N) is 2. The Morgan fingerprint density at radius 2 is 1.48 bits per heavy atom. The third kappa shape index (κ3) is 4.56. The molecule has 0 fully saturated rings. The van der Waals surface area contributed by atoms with Crippen molar-refractivity contribution in [1.29, 1.82) is 0 Å².